The Balaban J connectivity index is 2.86. The molecule has 0 fully saturated rings. The molecule has 0 aromatic heterocycles. The van der Waals surface area contributed by atoms with E-state index in [1.54, 1.807) is 0 Å². The van der Waals surface area contributed by atoms with Crippen molar-refractivity contribution >= 4 is 11.9 Å². The van der Waals surface area contributed by atoms with Gasteiger partial charge in [0.15, 0.2) is 0 Å². The summed E-state index contributed by atoms with van der Waals surface area (Å²) < 4.78 is 0. The third-order valence-electron chi connectivity index (χ3n) is 3.55. The first kappa shape index (κ1) is 16.7. The first-order valence-electron chi connectivity index (χ1n) is 7.54. The lowest BCUT2D eigenvalue weighted by molar-refractivity contribution is 0.0695. The van der Waals surface area contributed by atoms with E-state index in [0.717, 1.165) is 25.8 Å². The Bertz CT molecular complexity index is 421. The van der Waals surface area contributed by atoms with Gasteiger partial charge in [-0.1, -0.05) is 37.2 Å². The van der Waals surface area contributed by atoms with Crippen LogP contribution in [-0.4, -0.2) is 24.6 Å². The van der Waals surface area contributed by atoms with Crippen molar-refractivity contribution in [2.45, 2.75) is 60.0 Å². The SMILES string of the molecule is C/C=C\C1=C\C(C)(/C=N/OC(C)CC)CC/N=C(/C)C1. The fourth-order valence-electron chi connectivity index (χ4n) is 2.14. The van der Waals surface area contributed by atoms with E-state index in [1.807, 2.05) is 20.1 Å². The zero-order valence-electron chi connectivity index (χ0n) is 13.5. The van der Waals surface area contributed by atoms with Gasteiger partial charge in [-0.25, -0.2) is 0 Å². The van der Waals surface area contributed by atoms with Gasteiger partial charge in [0.1, 0.15) is 6.10 Å². The molecule has 1 heterocycles. The smallest absolute Gasteiger partial charge is 0.124 e. The molecule has 0 aromatic carbocycles. The van der Waals surface area contributed by atoms with Crippen LogP contribution in [0.25, 0.3) is 0 Å². The normalized spacial score (nSPS) is 31.2. The number of oxime groups is 1. The molecule has 20 heavy (non-hydrogen) atoms. The summed E-state index contributed by atoms with van der Waals surface area (Å²) >= 11 is 0. The van der Waals surface area contributed by atoms with E-state index in [0.29, 0.717) is 0 Å². The van der Waals surface area contributed by atoms with Crippen LogP contribution in [0.15, 0.2) is 33.9 Å². The van der Waals surface area contributed by atoms with Crippen LogP contribution in [0.4, 0.5) is 0 Å². The highest BCUT2D eigenvalue weighted by Crippen LogP contribution is 2.26. The Morgan fingerprint density at radius 3 is 2.95 bits per heavy atom. The van der Waals surface area contributed by atoms with Crippen molar-refractivity contribution in [3.05, 3.63) is 23.8 Å². The maximum absolute atomic E-state index is 5.43. The van der Waals surface area contributed by atoms with E-state index >= 15 is 0 Å². The molecule has 0 aliphatic carbocycles. The fourth-order valence-corrected chi connectivity index (χ4v) is 2.14. The molecule has 1 aliphatic rings. The first-order valence-corrected chi connectivity index (χ1v) is 7.54. The second-order valence-corrected chi connectivity index (χ2v) is 5.83. The summed E-state index contributed by atoms with van der Waals surface area (Å²) in [5.41, 5.74) is 2.40. The van der Waals surface area contributed by atoms with E-state index < -0.39 is 0 Å². The van der Waals surface area contributed by atoms with Gasteiger partial charge >= 0.3 is 0 Å². The minimum atomic E-state index is -0.0908. The number of allylic oxidation sites excluding steroid dienone is 4. The molecule has 0 saturated heterocycles. The number of rotatable bonds is 5. The summed E-state index contributed by atoms with van der Waals surface area (Å²) in [6.45, 7) is 11.3. The number of aliphatic imine (C=N–C) groups is 1. The number of nitrogens with zero attached hydrogens (tertiary/aromatic N) is 2. The molecule has 2 unspecified atom stereocenters. The minimum absolute atomic E-state index is 0.0908. The van der Waals surface area contributed by atoms with Crippen molar-refractivity contribution in [2.24, 2.45) is 15.6 Å². The van der Waals surface area contributed by atoms with Gasteiger partial charge in [-0.2, -0.15) is 0 Å². The van der Waals surface area contributed by atoms with Crippen LogP contribution in [0.5, 0.6) is 0 Å². The summed E-state index contributed by atoms with van der Waals surface area (Å²) in [7, 11) is 0. The van der Waals surface area contributed by atoms with Crippen LogP contribution >= 0.6 is 0 Å². The monoisotopic (exact) mass is 276 g/mol. The molecular formula is C17H28N2O. The van der Waals surface area contributed by atoms with Gasteiger partial charge in [-0.3, -0.25) is 4.99 Å². The second-order valence-electron chi connectivity index (χ2n) is 5.83. The van der Waals surface area contributed by atoms with Crippen molar-refractivity contribution < 1.29 is 4.84 Å². The molecule has 0 bridgehead atoms. The van der Waals surface area contributed by atoms with Crippen molar-refractivity contribution in [1.29, 1.82) is 0 Å². The molecule has 0 N–H and O–H groups in total. The fraction of sp³-hybridized carbons (Fsp3) is 0.647. The average Bonchev–Trinajstić information content (AvgIpc) is 2.37. The molecule has 1 rings (SSSR count). The van der Waals surface area contributed by atoms with E-state index in [-0.39, 0.29) is 11.5 Å². The Hall–Kier alpha value is -1.38. The molecule has 3 nitrogen and oxygen atoms in total. The maximum Gasteiger partial charge on any atom is 0.124 e. The van der Waals surface area contributed by atoms with Crippen LogP contribution in [0, 0.1) is 5.41 Å². The van der Waals surface area contributed by atoms with Crippen molar-refractivity contribution in [3.63, 3.8) is 0 Å². The lowest BCUT2D eigenvalue weighted by Gasteiger charge is -2.23. The minimum Gasteiger partial charge on any atom is -0.393 e. The highest BCUT2D eigenvalue weighted by molar-refractivity contribution is 5.85. The highest BCUT2D eigenvalue weighted by Gasteiger charge is 2.21. The highest BCUT2D eigenvalue weighted by atomic mass is 16.6. The summed E-state index contributed by atoms with van der Waals surface area (Å²) in [6.07, 6.45) is 11.5. The molecule has 0 aromatic rings. The van der Waals surface area contributed by atoms with E-state index in [2.05, 4.69) is 49.1 Å². The van der Waals surface area contributed by atoms with Crippen LogP contribution in [0.1, 0.15) is 53.9 Å². The molecule has 3 heteroatoms. The topological polar surface area (TPSA) is 34.0 Å². The molecule has 112 valence electrons. The van der Waals surface area contributed by atoms with Crippen molar-refractivity contribution in [2.75, 3.05) is 6.54 Å². The lowest BCUT2D eigenvalue weighted by atomic mass is 9.84. The third kappa shape index (κ3) is 5.72. The molecule has 0 amide bonds. The lowest BCUT2D eigenvalue weighted by Crippen LogP contribution is -2.20. The van der Waals surface area contributed by atoms with Crippen molar-refractivity contribution in [1.82, 2.24) is 0 Å². The Labute approximate surface area is 123 Å². The average molecular weight is 276 g/mol. The first-order chi connectivity index (χ1) is 9.49. The largest absolute Gasteiger partial charge is 0.393 e. The number of hydrogen-bond acceptors (Lipinski definition) is 3. The third-order valence-corrected chi connectivity index (χ3v) is 3.55. The summed E-state index contributed by atoms with van der Waals surface area (Å²) in [5.74, 6) is 0. The van der Waals surface area contributed by atoms with Gasteiger partial charge in [0, 0.05) is 24.1 Å². The Morgan fingerprint density at radius 2 is 2.30 bits per heavy atom. The zero-order chi connectivity index (χ0) is 15.0. The van der Waals surface area contributed by atoms with Crippen LogP contribution < -0.4 is 0 Å². The van der Waals surface area contributed by atoms with Crippen LogP contribution in [0.3, 0.4) is 0 Å². The summed E-state index contributed by atoms with van der Waals surface area (Å²) in [4.78, 5) is 10.0. The molecule has 2 atom stereocenters. The van der Waals surface area contributed by atoms with Crippen molar-refractivity contribution in [3.8, 4) is 0 Å². The zero-order valence-corrected chi connectivity index (χ0v) is 13.5. The maximum atomic E-state index is 5.43. The predicted octanol–water partition coefficient (Wildman–Crippen LogP) is 4.55. The van der Waals surface area contributed by atoms with E-state index in [4.69, 9.17) is 4.84 Å². The van der Waals surface area contributed by atoms with Gasteiger partial charge in [-0.15, -0.1) is 0 Å². The van der Waals surface area contributed by atoms with Crippen LogP contribution in [-0.2, 0) is 4.84 Å². The van der Waals surface area contributed by atoms with E-state index in [1.165, 1.54) is 11.3 Å². The van der Waals surface area contributed by atoms with Gasteiger partial charge in [-0.05, 0) is 39.2 Å². The Morgan fingerprint density at radius 1 is 1.55 bits per heavy atom. The van der Waals surface area contributed by atoms with Gasteiger partial charge < -0.3 is 4.84 Å². The van der Waals surface area contributed by atoms with Crippen LogP contribution in [0.2, 0.25) is 0 Å². The molecule has 1 aliphatic heterocycles. The standard InChI is InChI=1S/C17H28N2O/c1-6-8-16-11-14(3)18-10-9-17(5,12-16)13-19-20-15(4)7-2/h6,8,12-13,15H,7,9-11H2,1-5H3/b8-6-,16-12-,18-14-,19-13+. The predicted molar refractivity (Wildman–Crippen MR) is 87.5 cm³/mol. The van der Waals surface area contributed by atoms with Gasteiger partial charge in [0.05, 0.1) is 6.21 Å². The summed E-state index contributed by atoms with van der Waals surface area (Å²) in [6, 6.07) is 0. The van der Waals surface area contributed by atoms with E-state index in [9.17, 15) is 0 Å². The molecule has 0 spiro atoms. The molecular weight excluding hydrogens is 248 g/mol. The number of hydrogen-bond donors (Lipinski definition) is 0. The van der Waals surface area contributed by atoms with Gasteiger partial charge in [0.25, 0.3) is 0 Å². The molecule has 0 radical (unpaired) electrons. The quantitative estimate of drug-likeness (QED) is 0.535. The van der Waals surface area contributed by atoms with Gasteiger partial charge in [0.2, 0.25) is 0 Å². The second kappa shape index (κ2) is 8.03. The summed E-state index contributed by atoms with van der Waals surface area (Å²) in [5, 5.41) is 4.18. The molecule has 0 saturated carbocycles. The Kier molecular flexibility index (Phi) is 6.69.